The van der Waals surface area contributed by atoms with Crippen LogP contribution in [0, 0.1) is 0 Å². The molecule has 0 spiro atoms. The number of fused-ring (bicyclic) bond motifs is 1. The zero-order valence-electron chi connectivity index (χ0n) is 12.1. The Hall–Kier alpha value is -2.25. The molecule has 1 unspecified atom stereocenters. The van der Waals surface area contributed by atoms with Crippen LogP contribution in [0.15, 0.2) is 40.1 Å². The van der Waals surface area contributed by atoms with E-state index in [0.29, 0.717) is 22.7 Å². The number of nitrogens with zero attached hydrogens (tertiary/aromatic N) is 2. The number of esters is 1. The normalized spacial score (nSPS) is 17.7. The molecule has 22 heavy (non-hydrogen) atoms. The number of quaternary nitrogens is 1. The molecule has 114 valence electrons. The fourth-order valence-corrected chi connectivity index (χ4v) is 3.32. The number of carbonyl (C=O) groups is 1. The molecular weight excluding hydrogens is 302 g/mol. The van der Waals surface area contributed by atoms with E-state index in [1.165, 1.54) is 35.0 Å². The number of rotatable bonds is 3. The van der Waals surface area contributed by atoms with Gasteiger partial charge in [-0.3, -0.25) is 9.69 Å². The molecule has 0 amide bonds. The van der Waals surface area contributed by atoms with Gasteiger partial charge < -0.3 is 4.74 Å². The summed E-state index contributed by atoms with van der Waals surface area (Å²) < 4.78 is 6.56. The molecule has 1 atom stereocenters. The fourth-order valence-electron chi connectivity index (χ4n) is 2.38. The van der Waals surface area contributed by atoms with Gasteiger partial charge in [0.05, 0.1) is 7.11 Å². The summed E-state index contributed by atoms with van der Waals surface area (Å²) in [6, 6.07) is 10.1. The topological polar surface area (TPSA) is 65.1 Å². The second kappa shape index (κ2) is 6.25. The maximum Gasteiger partial charge on any atom is 0.332 e. The summed E-state index contributed by atoms with van der Waals surface area (Å²) in [4.78, 5) is 29.9. The Labute approximate surface area is 130 Å². The number of thiazole rings is 1. The summed E-state index contributed by atoms with van der Waals surface area (Å²) in [5.41, 5.74) is 1.03. The summed E-state index contributed by atoms with van der Waals surface area (Å²) in [5.74, 6) is -0.523. The first-order valence-electron chi connectivity index (χ1n) is 6.88. The first-order chi connectivity index (χ1) is 10.7. The smallest absolute Gasteiger partial charge is 0.332 e. The molecule has 0 radical (unpaired) electrons. The van der Waals surface area contributed by atoms with Crippen molar-refractivity contribution >= 4 is 23.4 Å². The summed E-state index contributed by atoms with van der Waals surface area (Å²) in [6.45, 7) is 1.98. The minimum Gasteiger partial charge on any atom is -0.466 e. The molecule has 1 aromatic heterocycles. The molecule has 2 heterocycles. The van der Waals surface area contributed by atoms with E-state index in [2.05, 4.69) is 21.9 Å². The molecule has 1 aliphatic rings. The van der Waals surface area contributed by atoms with E-state index in [9.17, 15) is 9.59 Å². The second-order valence-corrected chi connectivity index (χ2v) is 6.05. The molecule has 3 rings (SSSR count). The number of benzene rings is 1. The van der Waals surface area contributed by atoms with Crippen molar-refractivity contribution in [3.63, 3.8) is 0 Å². The van der Waals surface area contributed by atoms with Gasteiger partial charge in [0.25, 0.3) is 5.56 Å². The van der Waals surface area contributed by atoms with Crippen molar-refractivity contribution in [2.45, 2.75) is 13.2 Å². The van der Waals surface area contributed by atoms with Crippen LogP contribution in [-0.2, 0) is 22.7 Å². The van der Waals surface area contributed by atoms with Crippen LogP contribution in [0.25, 0.3) is 6.08 Å². The van der Waals surface area contributed by atoms with Gasteiger partial charge >= 0.3 is 5.97 Å². The summed E-state index contributed by atoms with van der Waals surface area (Å²) in [6.07, 6.45) is 1.23. The fraction of sp³-hybridized carbons (Fsp3) is 0.267. The Balaban J connectivity index is 1.86. The predicted octanol–water partition coefficient (Wildman–Crippen LogP) is -1.50. The molecule has 1 N–H and O–H groups in total. The number of hydrogen-bond donors (Lipinski definition) is 1. The molecule has 0 aliphatic carbocycles. The molecule has 0 saturated heterocycles. The third kappa shape index (κ3) is 3.00. The van der Waals surface area contributed by atoms with E-state index in [4.69, 9.17) is 0 Å². The first-order valence-corrected chi connectivity index (χ1v) is 7.70. The zero-order chi connectivity index (χ0) is 15.5. The number of hydrogen-bond acceptors (Lipinski definition) is 5. The van der Waals surface area contributed by atoms with Gasteiger partial charge in [0, 0.05) is 11.6 Å². The third-order valence-corrected chi connectivity index (χ3v) is 4.50. The molecule has 0 bridgehead atoms. The molecule has 0 fully saturated rings. The van der Waals surface area contributed by atoms with Crippen LogP contribution in [0.1, 0.15) is 5.56 Å². The highest BCUT2D eigenvalue weighted by atomic mass is 32.1. The number of carbonyl (C=O) groups excluding carboxylic acids is 1. The number of ether oxygens (including phenoxy) is 1. The van der Waals surface area contributed by atoms with Crippen LogP contribution in [-0.4, -0.2) is 24.3 Å². The quantitative estimate of drug-likeness (QED) is 0.701. The maximum absolute atomic E-state index is 12.3. The average Bonchev–Trinajstić information content (AvgIpc) is 2.84. The molecule has 7 heteroatoms. The lowest BCUT2D eigenvalue weighted by Crippen LogP contribution is -3.11. The SMILES string of the molecule is COC(=O)/C=c1\sc2n(c1=O)C[NH+](Cc1ccccc1)CN=2. The Bertz CT molecular complexity index is 854. The van der Waals surface area contributed by atoms with E-state index >= 15 is 0 Å². The van der Waals surface area contributed by atoms with Gasteiger partial charge in [-0.1, -0.05) is 41.7 Å². The molecular formula is C15H16N3O3S+. The standard InChI is InChI=1S/C15H15N3O3S/c1-21-13(19)7-12-14(20)18-10-17(9-16-15(18)22-12)8-11-5-3-2-4-6-11/h2-7H,8-10H2,1H3/p+1/b12-7-. The van der Waals surface area contributed by atoms with Crippen LogP contribution in [0.2, 0.25) is 0 Å². The molecule has 6 nitrogen and oxygen atoms in total. The highest BCUT2D eigenvalue weighted by molar-refractivity contribution is 7.07. The van der Waals surface area contributed by atoms with Gasteiger partial charge in [-0.2, -0.15) is 0 Å². The largest absolute Gasteiger partial charge is 0.466 e. The highest BCUT2D eigenvalue weighted by Crippen LogP contribution is 1.95. The van der Waals surface area contributed by atoms with Crippen molar-refractivity contribution in [3.8, 4) is 0 Å². The maximum atomic E-state index is 12.3. The van der Waals surface area contributed by atoms with Crippen molar-refractivity contribution < 1.29 is 14.4 Å². The number of methoxy groups -OCH3 is 1. The van der Waals surface area contributed by atoms with Gasteiger partial charge in [0.2, 0.25) is 0 Å². The van der Waals surface area contributed by atoms with Gasteiger partial charge in [-0.05, 0) is 0 Å². The second-order valence-electron chi connectivity index (χ2n) is 5.04. The summed E-state index contributed by atoms with van der Waals surface area (Å²) in [5, 5.41) is 0. The Morgan fingerprint density at radius 3 is 2.95 bits per heavy atom. The van der Waals surface area contributed by atoms with Gasteiger partial charge in [-0.15, -0.1) is 0 Å². The number of aromatic nitrogens is 1. The van der Waals surface area contributed by atoms with Gasteiger partial charge in [0.1, 0.15) is 11.1 Å². The van der Waals surface area contributed by atoms with E-state index in [0.717, 1.165) is 6.54 Å². The third-order valence-electron chi connectivity index (χ3n) is 3.45. The van der Waals surface area contributed by atoms with Crippen LogP contribution >= 0.6 is 11.3 Å². The predicted molar refractivity (Wildman–Crippen MR) is 81.8 cm³/mol. The molecule has 1 aromatic carbocycles. The molecule has 2 aromatic rings. The first kappa shape index (κ1) is 14.7. The average molecular weight is 318 g/mol. The van der Waals surface area contributed by atoms with Crippen molar-refractivity contribution in [3.05, 3.63) is 55.6 Å². The van der Waals surface area contributed by atoms with Crippen molar-refractivity contribution in [2.75, 3.05) is 13.8 Å². The van der Waals surface area contributed by atoms with Crippen molar-refractivity contribution in [2.24, 2.45) is 4.99 Å². The van der Waals surface area contributed by atoms with Crippen molar-refractivity contribution in [1.82, 2.24) is 4.57 Å². The lowest BCUT2D eigenvalue weighted by molar-refractivity contribution is -0.938. The minimum atomic E-state index is -0.523. The summed E-state index contributed by atoms with van der Waals surface area (Å²) >= 11 is 1.23. The lowest BCUT2D eigenvalue weighted by atomic mass is 10.2. The zero-order valence-corrected chi connectivity index (χ0v) is 12.9. The van der Waals surface area contributed by atoms with Gasteiger partial charge in [-0.25, -0.2) is 14.4 Å². The van der Waals surface area contributed by atoms with Crippen LogP contribution in [0.3, 0.4) is 0 Å². The van der Waals surface area contributed by atoms with E-state index in [-0.39, 0.29) is 5.56 Å². The summed E-state index contributed by atoms with van der Waals surface area (Å²) in [7, 11) is 1.29. The molecule has 0 saturated carbocycles. The Morgan fingerprint density at radius 1 is 1.45 bits per heavy atom. The van der Waals surface area contributed by atoms with E-state index < -0.39 is 5.97 Å². The van der Waals surface area contributed by atoms with E-state index in [1.807, 2.05) is 18.2 Å². The Morgan fingerprint density at radius 2 is 2.23 bits per heavy atom. The highest BCUT2D eigenvalue weighted by Gasteiger charge is 2.18. The van der Waals surface area contributed by atoms with Crippen LogP contribution in [0.4, 0.5) is 0 Å². The van der Waals surface area contributed by atoms with Crippen LogP contribution in [0.5, 0.6) is 0 Å². The van der Waals surface area contributed by atoms with Crippen LogP contribution < -0.4 is 19.8 Å². The van der Waals surface area contributed by atoms with Crippen molar-refractivity contribution in [1.29, 1.82) is 0 Å². The van der Waals surface area contributed by atoms with Gasteiger partial charge in [0.15, 0.2) is 18.1 Å². The Kier molecular flexibility index (Phi) is 4.17. The minimum absolute atomic E-state index is 0.181. The monoisotopic (exact) mass is 318 g/mol. The molecule has 1 aliphatic heterocycles. The number of nitrogens with one attached hydrogen (secondary N) is 1. The van der Waals surface area contributed by atoms with E-state index in [1.54, 1.807) is 4.57 Å². The lowest BCUT2D eigenvalue weighted by Gasteiger charge is -2.20.